The average Bonchev–Trinajstić information content (AvgIpc) is 2.59. The monoisotopic (exact) mass is 299 g/mol. The van der Waals surface area contributed by atoms with Crippen molar-refractivity contribution in [2.75, 3.05) is 25.6 Å². The first kappa shape index (κ1) is 15.8. The van der Waals surface area contributed by atoms with E-state index in [0.29, 0.717) is 18.0 Å². The minimum absolute atomic E-state index is 0.161. The molecule has 0 saturated heterocycles. The standard InChI is InChI=1S/C17H21N3O2/c1-13(20(2)14-8-5-4-6-9-14)12-19-16(21)15-10-7-11-18-17(15)22-3/h4-11,13H,12H2,1-3H3,(H,19,21)/t13-/m0/s1. The summed E-state index contributed by atoms with van der Waals surface area (Å²) < 4.78 is 5.11. The number of nitrogens with one attached hydrogen (secondary N) is 1. The van der Waals surface area contributed by atoms with Crippen LogP contribution in [0.25, 0.3) is 0 Å². The molecule has 0 fully saturated rings. The fraction of sp³-hybridized carbons (Fsp3) is 0.294. The Labute approximate surface area is 130 Å². The van der Waals surface area contributed by atoms with Crippen LogP contribution in [0.1, 0.15) is 17.3 Å². The maximum absolute atomic E-state index is 12.2. The number of aromatic nitrogens is 1. The van der Waals surface area contributed by atoms with Gasteiger partial charge < -0.3 is 15.0 Å². The van der Waals surface area contributed by atoms with Gasteiger partial charge in [-0.2, -0.15) is 0 Å². The number of rotatable bonds is 6. The summed E-state index contributed by atoms with van der Waals surface area (Å²) in [4.78, 5) is 18.4. The molecule has 0 bridgehead atoms. The molecule has 1 atom stereocenters. The van der Waals surface area contributed by atoms with Crippen molar-refractivity contribution in [1.82, 2.24) is 10.3 Å². The first-order valence-corrected chi connectivity index (χ1v) is 7.18. The number of likely N-dealkylation sites (N-methyl/N-ethyl adjacent to an activating group) is 1. The van der Waals surface area contributed by atoms with Crippen molar-refractivity contribution in [2.24, 2.45) is 0 Å². The number of hydrogen-bond donors (Lipinski definition) is 1. The summed E-state index contributed by atoms with van der Waals surface area (Å²) in [6.07, 6.45) is 1.60. The largest absolute Gasteiger partial charge is 0.480 e. The van der Waals surface area contributed by atoms with Crippen molar-refractivity contribution in [2.45, 2.75) is 13.0 Å². The van der Waals surface area contributed by atoms with Crippen LogP contribution in [0.15, 0.2) is 48.7 Å². The van der Waals surface area contributed by atoms with E-state index >= 15 is 0 Å². The van der Waals surface area contributed by atoms with Crippen molar-refractivity contribution in [3.05, 3.63) is 54.2 Å². The number of amides is 1. The smallest absolute Gasteiger partial charge is 0.256 e. The van der Waals surface area contributed by atoms with E-state index in [-0.39, 0.29) is 11.9 Å². The normalized spacial score (nSPS) is 11.6. The summed E-state index contributed by atoms with van der Waals surface area (Å²) in [5, 5.41) is 2.92. The van der Waals surface area contributed by atoms with Crippen LogP contribution in [0, 0.1) is 0 Å². The van der Waals surface area contributed by atoms with E-state index < -0.39 is 0 Å². The lowest BCUT2D eigenvalue weighted by Crippen LogP contribution is -2.40. The number of carbonyl (C=O) groups is 1. The fourth-order valence-electron chi connectivity index (χ4n) is 2.12. The molecule has 2 aromatic rings. The van der Waals surface area contributed by atoms with Crippen molar-refractivity contribution in [3.8, 4) is 5.88 Å². The molecule has 22 heavy (non-hydrogen) atoms. The first-order chi connectivity index (χ1) is 10.6. The summed E-state index contributed by atoms with van der Waals surface area (Å²) >= 11 is 0. The highest BCUT2D eigenvalue weighted by molar-refractivity contribution is 5.96. The Morgan fingerprint density at radius 3 is 2.68 bits per heavy atom. The van der Waals surface area contributed by atoms with E-state index in [2.05, 4.69) is 22.1 Å². The lowest BCUT2D eigenvalue weighted by Gasteiger charge is -2.27. The second-order valence-corrected chi connectivity index (χ2v) is 5.07. The summed E-state index contributed by atoms with van der Waals surface area (Å²) in [5.74, 6) is 0.155. The van der Waals surface area contributed by atoms with Crippen molar-refractivity contribution in [3.63, 3.8) is 0 Å². The Kier molecular flexibility index (Phi) is 5.36. The third kappa shape index (κ3) is 3.75. The Bertz CT molecular complexity index is 616. The van der Waals surface area contributed by atoms with Crippen LogP contribution in [0.4, 0.5) is 5.69 Å². The number of carbonyl (C=O) groups excluding carboxylic acids is 1. The van der Waals surface area contributed by atoms with Crippen molar-refractivity contribution >= 4 is 11.6 Å². The molecule has 1 N–H and O–H groups in total. The molecule has 0 aliphatic rings. The van der Waals surface area contributed by atoms with Crippen molar-refractivity contribution < 1.29 is 9.53 Å². The topological polar surface area (TPSA) is 54.5 Å². The number of pyridine rings is 1. The van der Waals surface area contributed by atoms with Crippen LogP contribution in [0.5, 0.6) is 5.88 Å². The van der Waals surface area contributed by atoms with Crippen LogP contribution in [0.2, 0.25) is 0 Å². The van der Waals surface area contributed by atoms with Crippen LogP contribution < -0.4 is 15.0 Å². The van der Waals surface area contributed by atoms with E-state index in [1.807, 2.05) is 37.4 Å². The third-order valence-corrected chi connectivity index (χ3v) is 3.59. The number of nitrogens with zero attached hydrogens (tertiary/aromatic N) is 2. The van der Waals surface area contributed by atoms with Gasteiger partial charge in [-0.15, -0.1) is 0 Å². The molecule has 0 saturated carbocycles. The van der Waals surface area contributed by atoms with Crippen LogP contribution in [-0.2, 0) is 0 Å². The highest BCUT2D eigenvalue weighted by Crippen LogP contribution is 2.15. The Morgan fingerprint density at radius 2 is 2.00 bits per heavy atom. The molecule has 0 spiro atoms. The molecule has 0 unspecified atom stereocenters. The number of ether oxygens (including phenoxy) is 1. The number of hydrogen-bond acceptors (Lipinski definition) is 4. The summed E-state index contributed by atoms with van der Waals surface area (Å²) in [7, 11) is 3.52. The van der Waals surface area contributed by atoms with Crippen molar-refractivity contribution in [1.29, 1.82) is 0 Å². The van der Waals surface area contributed by atoms with Gasteiger partial charge in [-0.1, -0.05) is 18.2 Å². The molecule has 0 aliphatic carbocycles. The average molecular weight is 299 g/mol. The molecular formula is C17H21N3O2. The van der Waals surface area contributed by atoms with Gasteiger partial charge in [0, 0.05) is 31.5 Å². The van der Waals surface area contributed by atoms with Gasteiger partial charge in [0.25, 0.3) is 5.91 Å². The molecule has 1 aromatic heterocycles. The number of anilines is 1. The molecule has 2 rings (SSSR count). The lowest BCUT2D eigenvalue weighted by atomic mass is 10.2. The summed E-state index contributed by atoms with van der Waals surface area (Å²) in [6.45, 7) is 2.59. The molecule has 116 valence electrons. The van der Waals surface area contributed by atoms with Crippen LogP contribution in [0.3, 0.4) is 0 Å². The van der Waals surface area contributed by atoms with Gasteiger partial charge in [-0.3, -0.25) is 4.79 Å². The molecule has 1 heterocycles. The highest BCUT2D eigenvalue weighted by atomic mass is 16.5. The highest BCUT2D eigenvalue weighted by Gasteiger charge is 2.15. The Hall–Kier alpha value is -2.56. The zero-order chi connectivity index (χ0) is 15.9. The SMILES string of the molecule is COc1ncccc1C(=O)NC[C@H](C)N(C)c1ccccc1. The van der Waals surface area contributed by atoms with Gasteiger partial charge in [-0.05, 0) is 31.2 Å². The Balaban J connectivity index is 1.96. The zero-order valence-corrected chi connectivity index (χ0v) is 13.1. The Morgan fingerprint density at radius 1 is 1.27 bits per heavy atom. The van der Waals surface area contributed by atoms with Gasteiger partial charge in [0.2, 0.25) is 5.88 Å². The number of methoxy groups -OCH3 is 1. The minimum Gasteiger partial charge on any atom is -0.480 e. The predicted octanol–water partition coefficient (Wildman–Crippen LogP) is 2.34. The van der Waals surface area contributed by atoms with E-state index in [0.717, 1.165) is 5.69 Å². The summed E-state index contributed by atoms with van der Waals surface area (Å²) in [6, 6.07) is 13.6. The van der Waals surface area contributed by atoms with Gasteiger partial charge in [0.1, 0.15) is 5.56 Å². The lowest BCUT2D eigenvalue weighted by molar-refractivity contribution is 0.0948. The summed E-state index contributed by atoms with van der Waals surface area (Å²) in [5.41, 5.74) is 1.56. The van der Waals surface area contributed by atoms with Crippen LogP contribution in [-0.4, -0.2) is 37.6 Å². The molecule has 1 aromatic carbocycles. The maximum Gasteiger partial charge on any atom is 0.256 e. The zero-order valence-electron chi connectivity index (χ0n) is 13.1. The van der Waals surface area contributed by atoms with E-state index in [1.165, 1.54) is 7.11 Å². The second kappa shape index (κ2) is 7.45. The van der Waals surface area contributed by atoms with E-state index in [4.69, 9.17) is 4.74 Å². The van der Waals surface area contributed by atoms with Gasteiger partial charge >= 0.3 is 0 Å². The molecule has 0 radical (unpaired) electrons. The van der Waals surface area contributed by atoms with E-state index in [9.17, 15) is 4.79 Å². The molecule has 1 amide bonds. The molecule has 5 heteroatoms. The van der Waals surface area contributed by atoms with Gasteiger partial charge in [-0.25, -0.2) is 4.98 Å². The fourth-order valence-corrected chi connectivity index (χ4v) is 2.12. The third-order valence-electron chi connectivity index (χ3n) is 3.59. The molecule has 0 aliphatic heterocycles. The quantitative estimate of drug-likeness (QED) is 0.889. The first-order valence-electron chi connectivity index (χ1n) is 7.18. The molecular weight excluding hydrogens is 278 g/mol. The van der Waals surface area contributed by atoms with Crippen LogP contribution >= 0.6 is 0 Å². The predicted molar refractivity (Wildman–Crippen MR) is 87.4 cm³/mol. The minimum atomic E-state index is -0.182. The van der Waals surface area contributed by atoms with Gasteiger partial charge in [0.05, 0.1) is 7.11 Å². The van der Waals surface area contributed by atoms with E-state index in [1.54, 1.807) is 18.3 Å². The molecule has 5 nitrogen and oxygen atoms in total. The maximum atomic E-state index is 12.2. The number of benzene rings is 1. The van der Waals surface area contributed by atoms with Gasteiger partial charge in [0.15, 0.2) is 0 Å². The second-order valence-electron chi connectivity index (χ2n) is 5.07. The number of para-hydroxylation sites is 1.